The Morgan fingerprint density at radius 1 is 1.32 bits per heavy atom. The first-order valence-corrected chi connectivity index (χ1v) is 5.70. The smallest absolute Gasteiger partial charge is 0.330 e. The molecule has 0 bridgehead atoms. The molecule has 6 heteroatoms. The number of amides is 1. The average Bonchev–Trinajstić information content (AvgIpc) is 2.38. The van der Waals surface area contributed by atoms with Crippen LogP contribution in [0.25, 0.3) is 0 Å². The number of carbonyl (C=O) groups excluding carboxylic acids is 1. The lowest BCUT2D eigenvalue weighted by Crippen LogP contribution is -2.47. The largest absolute Gasteiger partial charge is 0.496 e. The molecular weight excluding hydrogens is 248 g/mol. The first-order chi connectivity index (χ1) is 8.79. The lowest BCUT2D eigenvalue weighted by Gasteiger charge is -2.22. The molecule has 0 aliphatic carbocycles. The second-order valence-electron chi connectivity index (χ2n) is 4.32. The molecule has 0 radical (unpaired) electrons. The lowest BCUT2D eigenvalue weighted by molar-refractivity contribution is -0.142. The predicted octanol–water partition coefficient (Wildman–Crippen LogP) is 0.687. The van der Waals surface area contributed by atoms with Crippen LogP contribution in [0.1, 0.15) is 11.1 Å². The molecule has 3 N–H and O–H groups in total. The number of hydrogen-bond donors (Lipinski definition) is 2. The van der Waals surface area contributed by atoms with Crippen LogP contribution in [0, 0.1) is 13.8 Å². The third kappa shape index (κ3) is 3.03. The Labute approximate surface area is 111 Å². The highest BCUT2D eigenvalue weighted by Crippen LogP contribution is 2.28. The summed E-state index contributed by atoms with van der Waals surface area (Å²) in [7, 11) is 3.07. The van der Waals surface area contributed by atoms with Gasteiger partial charge in [0.05, 0.1) is 7.11 Å². The number of aliphatic carboxylic acids is 1. The van der Waals surface area contributed by atoms with Gasteiger partial charge >= 0.3 is 5.97 Å². The first kappa shape index (κ1) is 15.0. The molecule has 6 nitrogen and oxygen atoms in total. The Hall–Kier alpha value is -2.08. The van der Waals surface area contributed by atoms with E-state index in [0.717, 1.165) is 11.1 Å². The van der Waals surface area contributed by atoms with Gasteiger partial charge in [0.15, 0.2) is 6.04 Å². The van der Waals surface area contributed by atoms with Gasteiger partial charge in [0.1, 0.15) is 5.75 Å². The fourth-order valence-electron chi connectivity index (χ4n) is 1.79. The van der Waals surface area contributed by atoms with E-state index >= 15 is 0 Å². The molecule has 1 aromatic rings. The molecule has 0 spiro atoms. The van der Waals surface area contributed by atoms with Gasteiger partial charge in [0, 0.05) is 12.7 Å². The Kier molecular flexibility index (Phi) is 4.50. The molecule has 0 saturated carbocycles. The van der Waals surface area contributed by atoms with Crippen molar-refractivity contribution in [2.75, 3.05) is 19.1 Å². The minimum atomic E-state index is -1.56. The molecule has 0 aromatic heterocycles. The Morgan fingerprint density at radius 2 is 1.89 bits per heavy atom. The molecule has 104 valence electrons. The van der Waals surface area contributed by atoms with Crippen LogP contribution < -0.4 is 15.4 Å². The van der Waals surface area contributed by atoms with Crippen LogP contribution in [0.4, 0.5) is 5.69 Å². The van der Waals surface area contributed by atoms with Crippen LogP contribution in [0.15, 0.2) is 12.1 Å². The number of rotatable bonds is 4. The summed E-state index contributed by atoms with van der Waals surface area (Å²) in [5.41, 5.74) is 7.59. The lowest BCUT2D eigenvalue weighted by atomic mass is 10.1. The third-order valence-corrected chi connectivity index (χ3v) is 2.94. The van der Waals surface area contributed by atoms with Crippen LogP contribution in [-0.2, 0) is 9.59 Å². The monoisotopic (exact) mass is 266 g/mol. The number of carbonyl (C=O) groups is 2. The number of carboxylic acids is 1. The zero-order valence-corrected chi connectivity index (χ0v) is 11.4. The maximum Gasteiger partial charge on any atom is 0.330 e. The normalized spacial score (nSPS) is 11.8. The molecule has 0 saturated heterocycles. The van der Waals surface area contributed by atoms with E-state index in [1.54, 1.807) is 19.2 Å². The fraction of sp³-hybridized carbons (Fsp3) is 0.385. The van der Waals surface area contributed by atoms with Crippen molar-refractivity contribution in [3.8, 4) is 5.75 Å². The molecule has 0 aliphatic rings. The topological polar surface area (TPSA) is 92.9 Å². The van der Waals surface area contributed by atoms with Gasteiger partial charge in [-0.05, 0) is 37.1 Å². The number of nitrogens with two attached hydrogens (primary N) is 1. The SMILES string of the molecule is COc1cc(C)c(N(C)C(=O)C(N)C(=O)O)cc1C. The molecule has 1 atom stereocenters. The van der Waals surface area contributed by atoms with Crippen molar-refractivity contribution in [1.29, 1.82) is 0 Å². The quantitative estimate of drug-likeness (QED) is 0.782. The van der Waals surface area contributed by atoms with E-state index < -0.39 is 17.9 Å². The summed E-state index contributed by atoms with van der Waals surface area (Å²) >= 11 is 0. The van der Waals surface area contributed by atoms with Crippen LogP contribution in [0.2, 0.25) is 0 Å². The van der Waals surface area contributed by atoms with E-state index in [9.17, 15) is 9.59 Å². The number of methoxy groups -OCH3 is 1. The van der Waals surface area contributed by atoms with Crippen molar-refractivity contribution in [1.82, 2.24) is 0 Å². The maximum atomic E-state index is 11.9. The van der Waals surface area contributed by atoms with Crippen LogP contribution >= 0.6 is 0 Å². The van der Waals surface area contributed by atoms with Crippen LogP contribution in [0.5, 0.6) is 5.75 Å². The van der Waals surface area contributed by atoms with Crippen molar-refractivity contribution < 1.29 is 19.4 Å². The van der Waals surface area contributed by atoms with Gasteiger partial charge in [0.2, 0.25) is 0 Å². The highest BCUT2D eigenvalue weighted by atomic mass is 16.5. The molecule has 1 unspecified atom stereocenters. The van der Waals surface area contributed by atoms with Gasteiger partial charge in [-0.25, -0.2) is 4.79 Å². The van der Waals surface area contributed by atoms with E-state index in [1.807, 2.05) is 13.8 Å². The summed E-state index contributed by atoms with van der Waals surface area (Å²) in [6, 6.07) is 1.99. The summed E-state index contributed by atoms with van der Waals surface area (Å²) in [5, 5.41) is 8.76. The van der Waals surface area contributed by atoms with Crippen LogP contribution in [-0.4, -0.2) is 37.2 Å². The summed E-state index contributed by atoms with van der Waals surface area (Å²) in [4.78, 5) is 23.9. The van der Waals surface area contributed by atoms with E-state index in [1.165, 1.54) is 11.9 Å². The highest BCUT2D eigenvalue weighted by Gasteiger charge is 2.26. The van der Waals surface area contributed by atoms with Crippen LogP contribution in [0.3, 0.4) is 0 Å². The van der Waals surface area contributed by atoms with Gasteiger partial charge in [-0.1, -0.05) is 0 Å². The van der Waals surface area contributed by atoms with Gasteiger partial charge in [0.25, 0.3) is 5.91 Å². The van der Waals surface area contributed by atoms with Gasteiger partial charge in [-0.15, -0.1) is 0 Å². The molecule has 0 aliphatic heterocycles. The van der Waals surface area contributed by atoms with E-state index in [2.05, 4.69) is 0 Å². The third-order valence-electron chi connectivity index (χ3n) is 2.94. The van der Waals surface area contributed by atoms with Crippen molar-refractivity contribution in [2.24, 2.45) is 5.73 Å². The second kappa shape index (κ2) is 5.71. The molecule has 0 heterocycles. The van der Waals surface area contributed by atoms with E-state index in [0.29, 0.717) is 11.4 Å². The molecular formula is C13H18N2O4. The van der Waals surface area contributed by atoms with E-state index in [-0.39, 0.29) is 0 Å². The number of aryl methyl sites for hydroxylation is 2. The molecule has 1 amide bonds. The Morgan fingerprint density at radius 3 is 2.37 bits per heavy atom. The number of ether oxygens (including phenoxy) is 1. The Bertz CT molecular complexity index is 514. The molecule has 19 heavy (non-hydrogen) atoms. The number of hydrogen-bond acceptors (Lipinski definition) is 4. The average molecular weight is 266 g/mol. The summed E-state index contributed by atoms with van der Waals surface area (Å²) in [5.74, 6) is -1.30. The predicted molar refractivity (Wildman–Crippen MR) is 71.5 cm³/mol. The highest BCUT2D eigenvalue weighted by molar-refractivity contribution is 6.08. The van der Waals surface area contributed by atoms with Crippen molar-refractivity contribution in [2.45, 2.75) is 19.9 Å². The number of benzene rings is 1. The molecule has 1 rings (SSSR count). The fourth-order valence-corrected chi connectivity index (χ4v) is 1.79. The number of likely N-dealkylation sites (N-methyl/N-ethyl adjacent to an activating group) is 1. The van der Waals surface area contributed by atoms with Gasteiger partial charge in [-0.2, -0.15) is 0 Å². The van der Waals surface area contributed by atoms with E-state index in [4.69, 9.17) is 15.6 Å². The van der Waals surface area contributed by atoms with Crippen molar-refractivity contribution in [3.05, 3.63) is 23.3 Å². The minimum Gasteiger partial charge on any atom is -0.496 e. The zero-order valence-electron chi connectivity index (χ0n) is 11.4. The molecule has 1 aromatic carbocycles. The number of carboxylic acid groups (broad SMARTS) is 1. The first-order valence-electron chi connectivity index (χ1n) is 5.70. The maximum absolute atomic E-state index is 11.9. The Balaban J connectivity index is 3.13. The van der Waals surface area contributed by atoms with Gasteiger partial charge < -0.3 is 20.5 Å². The zero-order chi connectivity index (χ0) is 14.7. The van der Waals surface area contributed by atoms with Crippen molar-refractivity contribution >= 4 is 17.6 Å². The summed E-state index contributed by atoms with van der Waals surface area (Å²) in [6.07, 6.45) is 0. The van der Waals surface area contributed by atoms with Gasteiger partial charge in [-0.3, -0.25) is 4.79 Å². The summed E-state index contributed by atoms with van der Waals surface area (Å²) in [6.45, 7) is 3.66. The summed E-state index contributed by atoms with van der Waals surface area (Å²) < 4.78 is 5.18. The minimum absolute atomic E-state index is 0.611. The van der Waals surface area contributed by atoms with Crippen molar-refractivity contribution in [3.63, 3.8) is 0 Å². The second-order valence-corrected chi connectivity index (χ2v) is 4.32. The number of anilines is 1. The molecule has 0 fully saturated rings. The standard InChI is InChI=1S/C13H18N2O4/c1-7-6-10(19-4)8(2)5-9(7)15(3)12(16)11(14)13(17)18/h5-6,11H,14H2,1-4H3,(H,17,18). The number of nitrogens with zero attached hydrogens (tertiary/aromatic N) is 1.